The molecule has 0 amide bonds. The molecule has 0 radical (unpaired) electrons. The van der Waals surface area contributed by atoms with Crippen molar-refractivity contribution in [2.24, 2.45) is 0 Å². The van der Waals surface area contributed by atoms with Crippen molar-refractivity contribution in [3.05, 3.63) is 23.8 Å². The van der Waals surface area contributed by atoms with Gasteiger partial charge in [0.25, 0.3) is 0 Å². The molecule has 1 unspecified atom stereocenters. The molecule has 2 nitrogen and oxygen atoms in total. The lowest BCUT2D eigenvalue weighted by Crippen LogP contribution is -2.03. The van der Waals surface area contributed by atoms with Crippen LogP contribution in [0.15, 0.2) is 12.5 Å². The largest absolute Gasteiger partial charge is 0.244 e. The van der Waals surface area contributed by atoms with Gasteiger partial charge < -0.3 is 0 Å². The van der Waals surface area contributed by atoms with Crippen molar-refractivity contribution in [1.29, 1.82) is 0 Å². The van der Waals surface area contributed by atoms with E-state index in [-0.39, 0.29) is 5.92 Å². The molecule has 0 spiro atoms. The van der Waals surface area contributed by atoms with Crippen molar-refractivity contribution >= 4 is 0 Å². The average molecular weight is 182 g/mol. The number of alkyl halides is 1. The molecule has 0 bridgehead atoms. The van der Waals surface area contributed by atoms with Crippen molar-refractivity contribution in [1.82, 2.24) is 9.97 Å². The summed E-state index contributed by atoms with van der Waals surface area (Å²) in [5, 5.41) is 0. The van der Waals surface area contributed by atoms with Crippen LogP contribution in [0.25, 0.3) is 0 Å². The Hall–Kier alpha value is -0.990. The Balaban J connectivity index is 3.04. The lowest BCUT2D eigenvalue weighted by molar-refractivity contribution is 0.329. The Labute approximate surface area is 78.2 Å². The molecule has 1 atom stereocenters. The van der Waals surface area contributed by atoms with E-state index in [1.54, 1.807) is 6.20 Å². The summed E-state index contributed by atoms with van der Waals surface area (Å²) in [6.45, 7) is 5.84. The average Bonchev–Trinajstić information content (AvgIpc) is 2.16. The molecule has 0 aliphatic heterocycles. The molecule has 1 aromatic heterocycles. The third kappa shape index (κ3) is 2.23. The summed E-state index contributed by atoms with van der Waals surface area (Å²) in [6.07, 6.45) is 2.60. The van der Waals surface area contributed by atoms with Gasteiger partial charge in [0.1, 0.15) is 12.5 Å². The van der Waals surface area contributed by atoms with Gasteiger partial charge in [-0.2, -0.15) is 0 Å². The first-order valence-corrected chi connectivity index (χ1v) is 4.60. The summed E-state index contributed by atoms with van der Waals surface area (Å²) in [4.78, 5) is 7.94. The van der Waals surface area contributed by atoms with Crippen LogP contribution in [0.4, 0.5) is 4.39 Å². The van der Waals surface area contributed by atoms with Crippen LogP contribution in [0, 0.1) is 0 Å². The summed E-state index contributed by atoms with van der Waals surface area (Å²) in [7, 11) is 0. The highest BCUT2D eigenvalue weighted by Crippen LogP contribution is 2.26. The molecule has 0 aliphatic carbocycles. The summed E-state index contributed by atoms with van der Waals surface area (Å²) < 4.78 is 13.4. The topological polar surface area (TPSA) is 25.8 Å². The Morgan fingerprint density at radius 2 is 2.15 bits per heavy atom. The molecule has 13 heavy (non-hydrogen) atoms. The summed E-state index contributed by atoms with van der Waals surface area (Å²) in [6, 6.07) is 0. The maximum Gasteiger partial charge on any atom is 0.128 e. The molecule has 0 aliphatic rings. The fourth-order valence-electron chi connectivity index (χ4n) is 1.29. The highest BCUT2D eigenvalue weighted by atomic mass is 19.1. The van der Waals surface area contributed by atoms with Crippen LogP contribution < -0.4 is 0 Å². The maximum absolute atomic E-state index is 13.4. The number of halogens is 1. The lowest BCUT2D eigenvalue weighted by Gasteiger charge is -2.12. The van der Waals surface area contributed by atoms with E-state index in [9.17, 15) is 4.39 Å². The van der Waals surface area contributed by atoms with Gasteiger partial charge in [-0.15, -0.1) is 0 Å². The predicted molar refractivity (Wildman–Crippen MR) is 50.3 cm³/mol. The number of hydrogen-bond donors (Lipinski definition) is 0. The zero-order valence-electron chi connectivity index (χ0n) is 8.29. The van der Waals surface area contributed by atoms with E-state index in [1.165, 1.54) is 6.33 Å². The fraction of sp³-hybridized carbons (Fsp3) is 0.600. The van der Waals surface area contributed by atoms with Gasteiger partial charge in [-0.3, -0.25) is 0 Å². The van der Waals surface area contributed by atoms with Crippen molar-refractivity contribution < 1.29 is 4.39 Å². The molecule has 0 saturated heterocycles. The summed E-state index contributed by atoms with van der Waals surface area (Å²) in [5.74, 6) is 0.253. The van der Waals surface area contributed by atoms with Crippen molar-refractivity contribution in [3.63, 3.8) is 0 Å². The highest BCUT2D eigenvalue weighted by molar-refractivity contribution is 5.21. The molecular formula is C10H15FN2. The summed E-state index contributed by atoms with van der Waals surface area (Å²) >= 11 is 0. The van der Waals surface area contributed by atoms with Crippen LogP contribution in [-0.2, 0) is 0 Å². The van der Waals surface area contributed by atoms with E-state index in [0.717, 1.165) is 5.69 Å². The zero-order valence-corrected chi connectivity index (χ0v) is 8.29. The minimum Gasteiger partial charge on any atom is -0.244 e. The smallest absolute Gasteiger partial charge is 0.128 e. The second kappa shape index (κ2) is 4.30. The van der Waals surface area contributed by atoms with E-state index in [4.69, 9.17) is 0 Å². The molecule has 1 rings (SSSR count). The Morgan fingerprint density at radius 3 is 2.69 bits per heavy atom. The molecular weight excluding hydrogens is 167 g/mol. The minimum absolute atomic E-state index is 0.253. The quantitative estimate of drug-likeness (QED) is 0.718. The molecule has 3 heteroatoms. The van der Waals surface area contributed by atoms with Crippen LogP contribution in [0.2, 0.25) is 0 Å². The van der Waals surface area contributed by atoms with Gasteiger partial charge in [0.05, 0.1) is 5.69 Å². The highest BCUT2D eigenvalue weighted by Gasteiger charge is 2.15. The van der Waals surface area contributed by atoms with E-state index in [1.807, 2.05) is 20.8 Å². The predicted octanol–water partition coefficient (Wildman–Crippen LogP) is 3.02. The Kier molecular flexibility index (Phi) is 3.34. The minimum atomic E-state index is -0.932. The molecule has 0 N–H and O–H groups in total. The first kappa shape index (κ1) is 10.1. The molecule has 72 valence electrons. The van der Waals surface area contributed by atoms with Crippen molar-refractivity contribution in [2.45, 2.75) is 39.3 Å². The van der Waals surface area contributed by atoms with Gasteiger partial charge in [-0.25, -0.2) is 14.4 Å². The second-order valence-corrected chi connectivity index (χ2v) is 3.39. The van der Waals surface area contributed by atoms with E-state index < -0.39 is 6.17 Å². The van der Waals surface area contributed by atoms with E-state index in [0.29, 0.717) is 12.0 Å². The fourth-order valence-corrected chi connectivity index (χ4v) is 1.29. The van der Waals surface area contributed by atoms with Gasteiger partial charge >= 0.3 is 0 Å². The molecule has 1 heterocycles. The van der Waals surface area contributed by atoms with Crippen LogP contribution in [0.5, 0.6) is 0 Å². The summed E-state index contributed by atoms with van der Waals surface area (Å²) in [5.41, 5.74) is 1.46. The number of nitrogens with zero attached hydrogens (tertiary/aromatic N) is 2. The molecule has 0 saturated carbocycles. The van der Waals surface area contributed by atoms with E-state index in [2.05, 4.69) is 9.97 Å². The lowest BCUT2D eigenvalue weighted by atomic mass is 10.0. The van der Waals surface area contributed by atoms with Crippen LogP contribution in [-0.4, -0.2) is 9.97 Å². The third-order valence-electron chi connectivity index (χ3n) is 2.02. The number of hydrogen-bond acceptors (Lipinski definition) is 2. The molecule has 0 fully saturated rings. The standard InChI is InChI=1S/C10H15FN2/c1-4-9(11)8-5-12-6-13-10(8)7(2)3/h5-7,9H,4H2,1-3H3. The van der Waals surface area contributed by atoms with Gasteiger partial charge in [-0.05, 0) is 12.3 Å². The van der Waals surface area contributed by atoms with Crippen LogP contribution >= 0.6 is 0 Å². The maximum atomic E-state index is 13.4. The van der Waals surface area contributed by atoms with Gasteiger partial charge in [-0.1, -0.05) is 20.8 Å². The van der Waals surface area contributed by atoms with Crippen LogP contribution in [0.3, 0.4) is 0 Å². The van der Waals surface area contributed by atoms with E-state index >= 15 is 0 Å². The molecule has 1 aromatic rings. The van der Waals surface area contributed by atoms with Crippen molar-refractivity contribution in [2.75, 3.05) is 0 Å². The van der Waals surface area contributed by atoms with Gasteiger partial charge in [0, 0.05) is 11.8 Å². The number of aromatic nitrogens is 2. The SMILES string of the molecule is CCC(F)c1cncnc1C(C)C. The zero-order chi connectivity index (χ0) is 9.84. The Morgan fingerprint density at radius 1 is 1.46 bits per heavy atom. The molecule has 0 aromatic carbocycles. The van der Waals surface area contributed by atoms with Crippen LogP contribution in [0.1, 0.15) is 50.5 Å². The monoisotopic (exact) mass is 182 g/mol. The van der Waals surface area contributed by atoms with Gasteiger partial charge in [0.2, 0.25) is 0 Å². The Bertz CT molecular complexity index is 273. The first-order chi connectivity index (χ1) is 6.16. The van der Waals surface area contributed by atoms with Gasteiger partial charge in [0.15, 0.2) is 0 Å². The third-order valence-corrected chi connectivity index (χ3v) is 2.02. The normalized spacial score (nSPS) is 13.3. The first-order valence-electron chi connectivity index (χ1n) is 4.60. The second-order valence-electron chi connectivity index (χ2n) is 3.39. The number of rotatable bonds is 3. The van der Waals surface area contributed by atoms with Crippen molar-refractivity contribution in [3.8, 4) is 0 Å².